The van der Waals surface area contributed by atoms with Crippen molar-refractivity contribution in [1.82, 2.24) is 15.1 Å². The first-order valence-electron chi connectivity index (χ1n) is 10.8. The summed E-state index contributed by atoms with van der Waals surface area (Å²) in [4.78, 5) is 25.8. The molecule has 1 aromatic heterocycles. The molecule has 1 fully saturated rings. The predicted octanol–water partition coefficient (Wildman–Crippen LogP) is 1.96. The highest BCUT2D eigenvalue weighted by molar-refractivity contribution is 7.93. The maximum absolute atomic E-state index is 13.1. The molecule has 11 heteroatoms. The number of fused-ring (bicyclic) bond motifs is 1. The summed E-state index contributed by atoms with van der Waals surface area (Å²) in [6.07, 6.45) is 1.07. The molecule has 0 bridgehead atoms. The molecular formula is C23H23N5O5S. The molecule has 3 aromatic rings. The summed E-state index contributed by atoms with van der Waals surface area (Å²) >= 11 is 0. The van der Waals surface area contributed by atoms with Crippen LogP contribution >= 0.6 is 0 Å². The van der Waals surface area contributed by atoms with E-state index in [0.717, 1.165) is 0 Å². The summed E-state index contributed by atoms with van der Waals surface area (Å²) in [5.41, 5.74) is 2.77. The van der Waals surface area contributed by atoms with E-state index in [1.54, 1.807) is 55.6 Å². The van der Waals surface area contributed by atoms with Gasteiger partial charge in [-0.2, -0.15) is 5.10 Å². The van der Waals surface area contributed by atoms with Crippen molar-refractivity contribution in [2.75, 3.05) is 35.6 Å². The van der Waals surface area contributed by atoms with Gasteiger partial charge in [-0.05, 0) is 61.4 Å². The Morgan fingerprint density at radius 2 is 1.79 bits per heavy atom. The number of hydrogen-bond acceptors (Lipinski definition) is 6. The molecule has 34 heavy (non-hydrogen) atoms. The third-order valence-electron chi connectivity index (χ3n) is 5.90. The van der Waals surface area contributed by atoms with Crippen LogP contribution in [-0.2, 0) is 16.4 Å². The van der Waals surface area contributed by atoms with Gasteiger partial charge in [0.2, 0.25) is 10.0 Å². The molecule has 2 amide bonds. The van der Waals surface area contributed by atoms with Gasteiger partial charge in [0.05, 0.1) is 24.2 Å². The van der Waals surface area contributed by atoms with Crippen LogP contribution < -0.4 is 19.7 Å². The van der Waals surface area contributed by atoms with Gasteiger partial charge < -0.3 is 15.4 Å². The highest BCUT2D eigenvalue weighted by Gasteiger charge is 2.31. The molecule has 1 saturated heterocycles. The lowest BCUT2D eigenvalue weighted by Gasteiger charge is -2.17. The normalized spacial score (nSPS) is 16.6. The Labute approximate surface area is 196 Å². The molecule has 5 rings (SSSR count). The lowest BCUT2D eigenvalue weighted by Crippen LogP contribution is -2.33. The minimum absolute atomic E-state index is 0.140. The second-order valence-electron chi connectivity index (χ2n) is 8.03. The second kappa shape index (κ2) is 8.49. The van der Waals surface area contributed by atoms with Crippen LogP contribution in [0.4, 0.5) is 11.4 Å². The zero-order chi connectivity index (χ0) is 23.9. The number of rotatable bonds is 5. The number of anilines is 2. The van der Waals surface area contributed by atoms with E-state index in [9.17, 15) is 18.0 Å². The van der Waals surface area contributed by atoms with Crippen LogP contribution in [0.15, 0.2) is 48.5 Å². The highest BCUT2D eigenvalue weighted by Crippen LogP contribution is 2.27. The van der Waals surface area contributed by atoms with E-state index in [2.05, 4.69) is 15.7 Å². The van der Waals surface area contributed by atoms with Crippen molar-refractivity contribution in [2.24, 2.45) is 0 Å². The van der Waals surface area contributed by atoms with E-state index in [4.69, 9.17) is 4.74 Å². The van der Waals surface area contributed by atoms with Crippen LogP contribution in [0.2, 0.25) is 0 Å². The molecule has 10 nitrogen and oxygen atoms in total. The summed E-state index contributed by atoms with van der Waals surface area (Å²) in [7, 11) is -1.71. The molecule has 2 aromatic carbocycles. The lowest BCUT2D eigenvalue weighted by molar-refractivity contribution is 0.0938. The van der Waals surface area contributed by atoms with E-state index in [0.29, 0.717) is 60.0 Å². The average molecular weight is 482 g/mol. The number of ether oxygens (including phenoxy) is 1. The van der Waals surface area contributed by atoms with Crippen molar-refractivity contribution in [1.29, 1.82) is 0 Å². The molecule has 0 radical (unpaired) electrons. The van der Waals surface area contributed by atoms with Crippen LogP contribution in [0.3, 0.4) is 0 Å². The van der Waals surface area contributed by atoms with Crippen molar-refractivity contribution in [3.63, 3.8) is 0 Å². The number of hydrogen-bond donors (Lipinski definition) is 2. The molecule has 2 aliphatic heterocycles. The summed E-state index contributed by atoms with van der Waals surface area (Å²) in [5, 5.41) is 10.1. The smallest absolute Gasteiger partial charge is 0.276 e. The SMILES string of the molecule is COc1ccc(-n2nc(C(=O)Nc3ccc(N4CCCS4(=O)=O)cc3)c3c2C(=O)NCC3)cc1. The maximum Gasteiger partial charge on any atom is 0.276 e. The van der Waals surface area contributed by atoms with Crippen LogP contribution in [0.5, 0.6) is 5.75 Å². The van der Waals surface area contributed by atoms with Gasteiger partial charge in [-0.25, -0.2) is 13.1 Å². The first-order chi connectivity index (χ1) is 16.4. The van der Waals surface area contributed by atoms with Gasteiger partial charge in [-0.3, -0.25) is 13.9 Å². The zero-order valence-corrected chi connectivity index (χ0v) is 19.3. The van der Waals surface area contributed by atoms with E-state index in [-0.39, 0.29) is 17.4 Å². The number of nitrogens with one attached hydrogen (secondary N) is 2. The Morgan fingerprint density at radius 1 is 1.09 bits per heavy atom. The summed E-state index contributed by atoms with van der Waals surface area (Å²) in [5.74, 6) is 0.0676. The quantitative estimate of drug-likeness (QED) is 0.574. The number of carbonyl (C=O) groups excluding carboxylic acids is 2. The fraction of sp³-hybridized carbons (Fsp3) is 0.261. The third-order valence-corrected chi connectivity index (χ3v) is 7.77. The van der Waals surface area contributed by atoms with Gasteiger partial charge in [0.15, 0.2) is 5.69 Å². The first-order valence-corrected chi connectivity index (χ1v) is 12.4. The van der Waals surface area contributed by atoms with Gasteiger partial charge in [0, 0.05) is 24.3 Å². The minimum atomic E-state index is -3.28. The monoisotopic (exact) mass is 481 g/mol. The number of methoxy groups -OCH3 is 1. The molecular weight excluding hydrogens is 458 g/mol. The highest BCUT2D eigenvalue weighted by atomic mass is 32.2. The number of aromatic nitrogens is 2. The lowest BCUT2D eigenvalue weighted by atomic mass is 10.0. The Balaban J connectivity index is 1.43. The van der Waals surface area contributed by atoms with Crippen LogP contribution in [0.1, 0.15) is 33.0 Å². The topological polar surface area (TPSA) is 123 Å². The second-order valence-corrected chi connectivity index (χ2v) is 10.0. The molecule has 2 N–H and O–H groups in total. The number of benzene rings is 2. The number of sulfonamides is 1. The fourth-order valence-corrected chi connectivity index (χ4v) is 5.79. The molecule has 0 unspecified atom stereocenters. The predicted molar refractivity (Wildman–Crippen MR) is 126 cm³/mol. The van der Waals surface area contributed by atoms with Crippen molar-refractivity contribution in [2.45, 2.75) is 12.8 Å². The molecule has 0 atom stereocenters. The molecule has 0 saturated carbocycles. The fourth-order valence-electron chi connectivity index (χ4n) is 4.23. The Bertz CT molecular complexity index is 1360. The molecule has 0 aliphatic carbocycles. The number of carbonyl (C=O) groups is 2. The van der Waals surface area contributed by atoms with E-state index < -0.39 is 15.9 Å². The van der Waals surface area contributed by atoms with Crippen molar-refractivity contribution < 1.29 is 22.7 Å². The van der Waals surface area contributed by atoms with Gasteiger partial charge in [0.1, 0.15) is 11.4 Å². The first kappa shape index (κ1) is 22.0. The largest absolute Gasteiger partial charge is 0.497 e. The van der Waals surface area contributed by atoms with E-state index >= 15 is 0 Å². The van der Waals surface area contributed by atoms with Crippen LogP contribution in [0.25, 0.3) is 5.69 Å². The molecule has 176 valence electrons. The molecule has 3 heterocycles. The van der Waals surface area contributed by atoms with E-state index in [1.165, 1.54) is 8.99 Å². The van der Waals surface area contributed by atoms with Gasteiger partial charge in [-0.15, -0.1) is 0 Å². The van der Waals surface area contributed by atoms with Crippen LogP contribution in [-0.4, -0.2) is 56.0 Å². The van der Waals surface area contributed by atoms with Gasteiger partial charge >= 0.3 is 0 Å². The minimum Gasteiger partial charge on any atom is -0.497 e. The summed E-state index contributed by atoms with van der Waals surface area (Å²) in [6, 6.07) is 13.7. The van der Waals surface area contributed by atoms with E-state index in [1.807, 2.05) is 0 Å². The molecule has 0 spiro atoms. The van der Waals surface area contributed by atoms with Gasteiger partial charge in [0.25, 0.3) is 11.8 Å². The molecule has 2 aliphatic rings. The Morgan fingerprint density at radius 3 is 2.44 bits per heavy atom. The third kappa shape index (κ3) is 3.87. The van der Waals surface area contributed by atoms with Crippen molar-refractivity contribution >= 4 is 33.2 Å². The van der Waals surface area contributed by atoms with Crippen molar-refractivity contribution in [3.8, 4) is 11.4 Å². The number of amides is 2. The Kier molecular flexibility index (Phi) is 5.48. The average Bonchev–Trinajstić information content (AvgIpc) is 3.40. The Hall–Kier alpha value is -3.86. The maximum atomic E-state index is 13.1. The zero-order valence-electron chi connectivity index (χ0n) is 18.4. The van der Waals surface area contributed by atoms with Crippen LogP contribution in [0, 0.1) is 0 Å². The number of nitrogens with zero attached hydrogens (tertiary/aromatic N) is 3. The standard InChI is InChI=1S/C23H23N5O5S/c1-33-18-9-7-17(8-10-18)28-21-19(11-12-24-23(21)30)20(26-28)22(29)25-15-3-5-16(6-4-15)27-13-2-14-34(27,31)32/h3-10H,2,11-14H2,1H3,(H,24,30)(H,25,29). The summed E-state index contributed by atoms with van der Waals surface area (Å²) < 4.78 is 32.3. The van der Waals surface area contributed by atoms with Gasteiger partial charge in [-0.1, -0.05) is 0 Å². The van der Waals surface area contributed by atoms with Crippen molar-refractivity contribution in [3.05, 3.63) is 65.5 Å². The summed E-state index contributed by atoms with van der Waals surface area (Å²) in [6.45, 7) is 0.866.